The van der Waals surface area contributed by atoms with E-state index in [1.807, 2.05) is 47.3 Å². The van der Waals surface area contributed by atoms with Crippen LogP contribution in [-0.2, 0) is 0 Å². The van der Waals surface area contributed by atoms with Crippen molar-refractivity contribution in [3.63, 3.8) is 0 Å². The molecule has 1 aromatic carbocycles. The molecule has 0 saturated carbocycles. The van der Waals surface area contributed by atoms with E-state index in [1.54, 1.807) is 11.3 Å². The molecule has 0 unspecified atom stereocenters. The standard InChI is InChI=1S/C17H10N4OS2/c22-15-7-14(10-5-6-23-9-10)19-17-21(15)20-16(24-17)12-8-18-13-4-2-1-3-11(12)13/h1-9,18H. The van der Waals surface area contributed by atoms with Gasteiger partial charge in [0.2, 0.25) is 4.96 Å². The van der Waals surface area contributed by atoms with Gasteiger partial charge >= 0.3 is 0 Å². The van der Waals surface area contributed by atoms with Crippen LogP contribution in [0, 0.1) is 0 Å². The molecular weight excluding hydrogens is 340 g/mol. The highest BCUT2D eigenvalue weighted by molar-refractivity contribution is 7.20. The molecule has 116 valence electrons. The molecule has 5 aromatic rings. The molecular formula is C17H10N4OS2. The van der Waals surface area contributed by atoms with E-state index >= 15 is 0 Å². The fraction of sp³-hybridized carbons (Fsp3) is 0. The molecule has 0 radical (unpaired) electrons. The first-order chi connectivity index (χ1) is 11.8. The Morgan fingerprint density at radius 2 is 2.08 bits per heavy atom. The number of benzene rings is 1. The van der Waals surface area contributed by atoms with Crippen LogP contribution in [0.1, 0.15) is 0 Å². The third-order valence-corrected chi connectivity index (χ3v) is 5.51. The molecule has 0 saturated heterocycles. The number of fused-ring (bicyclic) bond motifs is 2. The van der Waals surface area contributed by atoms with Crippen LogP contribution in [0.15, 0.2) is 58.1 Å². The number of aromatic nitrogens is 4. The maximum atomic E-state index is 12.4. The lowest BCUT2D eigenvalue weighted by Gasteiger charge is -1.95. The van der Waals surface area contributed by atoms with Gasteiger partial charge in [0.25, 0.3) is 5.56 Å². The molecule has 0 spiro atoms. The summed E-state index contributed by atoms with van der Waals surface area (Å²) in [6, 6.07) is 11.5. The fourth-order valence-electron chi connectivity index (χ4n) is 2.73. The lowest BCUT2D eigenvalue weighted by atomic mass is 10.2. The lowest BCUT2D eigenvalue weighted by molar-refractivity contribution is 0.905. The van der Waals surface area contributed by atoms with Gasteiger partial charge in [0.15, 0.2) is 0 Å². The van der Waals surface area contributed by atoms with Gasteiger partial charge in [-0.3, -0.25) is 4.79 Å². The fourth-order valence-corrected chi connectivity index (χ4v) is 4.31. The summed E-state index contributed by atoms with van der Waals surface area (Å²) in [6.45, 7) is 0. The third-order valence-electron chi connectivity index (χ3n) is 3.88. The first kappa shape index (κ1) is 13.6. The number of nitrogens with zero attached hydrogens (tertiary/aromatic N) is 3. The molecule has 4 heterocycles. The molecule has 1 N–H and O–H groups in total. The minimum absolute atomic E-state index is 0.163. The predicted octanol–water partition coefficient (Wildman–Crippen LogP) is 4.03. The van der Waals surface area contributed by atoms with Gasteiger partial charge in [-0.05, 0) is 17.5 Å². The largest absolute Gasteiger partial charge is 0.360 e. The Balaban J connectivity index is 1.74. The Bertz CT molecular complexity index is 1230. The van der Waals surface area contributed by atoms with Crippen LogP contribution in [0.2, 0.25) is 0 Å². The number of rotatable bonds is 2. The van der Waals surface area contributed by atoms with E-state index in [4.69, 9.17) is 0 Å². The van der Waals surface area contributed by atoms with Gasteiger partial charge in [-0.15, -0.1) is 0 Å². The number of hydrogen-bond donors (Lipinski definition) is 1. The second-order valence-corrected chi connectivity index (χ2v) is 7.08. The number of para-hydroxylation sites is 1. The molecule has 0 atom stereocenters. The Hall–Kier alpha value is -2.77. The van der Waals surface area contributed by atoms with E-state index in [2.05, 4.69) is 15.1 Å². The van der Waals surface area contributed by atoms with Crippen LogP contribution in [0.4, 0.5) is 0 Å². The molecule has 0 bridgehead atoms. The van der Waals surface area contributed by atoms with Crippen molar-refractivity contribution in [2.75, 3.05) is 0 Å². The zero-order valence-corrected chi connectivity index (χ0v) is 13.9. The maximum absolute atomic E-state index is 12.4. The van der Waals surface area contributed by atoms with Crippen LogP contribution < -0.4 is 5.56 Å². The summed E-state index contributed by atoms with van der Waals surface area (Å²) in [5, 5.41) is 10.3. The zero-order chi connectivity index (χ0) is 16.1. The van der Waals surface area contributed by atoms with Crippen LogP contribution in [0.3, 0.4) is 0 Å². The van der Waals surface area contributed by atoms with Crippen LogP contribution in [0.5, 0.6) is 0 Å². The maximum Gasteiger partial charge on any atom is 0.275 e. The number of nitrogens with one attached hydrogen (secondary N) is 1. The highest BCUT2D eigenvalue weighted by Crippen LogP contribution is 2.31. The SMILES string of the molecule is O=c1cc(-c2ccsc2)nc2sc(-c3c[nH]c4ccccc34)nn12. The number of aromatic amines is 1. The van der Waals surface area contributed by atoms with E-state index in [-0.39, 0.29) is 5.56 Å². The van der Waals surface area contributed by atoms with Gasteiger partial charge in [0.1, 0.15) is 5.01 Å². The van der Waals surface area contributed by atoms with E-state index in [9.17, 15) is 4.79 Å². The number of H-pyrrole nitrogens is 1. The van der Waals surface area contributed by atoms with Gasteiger partial charge in [0, 0.05) is 39.7 Å². The molecule has 0 amide bonds. The topological polar surface area (TPSA) is 63.0 Å². The van der Waals surface area contributed by atoms with Crippen LogP contribution >= 0.6 is 22.7 Å². The third kappa shape index (κ3) is 2.02. The molecule has 5 rings (SSSR count). The summed E-state index contributed by atoms with van der Waals surface area (Å²) < 4.78 is 1.37. The number of hydrogen-bond acceptors (Lipinski definition) is 5. The summed E-state index contributed by atoms with van der Waals surface area (Å²) in [6.07, 6.45) is 1.92. The summed E-state index contributed by atoms with van der Waals surface area (Å²) in [5.74, 6) is 0. The molecule has 0 aliphatic carbocycles. The van der Waals surface area contributed by atoms with Gasteiger partial charge in [-0.25, -0.2) is 4.98 Å². The molecule has 7 heteroatoms. The Labute approximate surface area is 143 Å². The minimum atomic E-state index is -0.163. The Kier molecular flexibility index (Phi) is 2.91. The quantitative estimate of drug-likeness (QED) is 0.523. The second kappa shape index (κ2) is 5.12. The smallest absolute Gasteiger partial charge is 0.275 e. The molecule has 0 aliphatic rings. The van der Waals surface area contributed by atoms with E-state index in [0.717, 1.165) is 27.0 Å². The Morgan fingerprint density at radius 1 is 1.17 bits per heavy atom. The molecule has 0 fully saturated rings. The van der Waals surface area contributed by atoms with Gasteiger partial charge < -0.3 is 4.98 Å². The first-order valence-corrected chi connectivity index (χ1v) is 9.05. The van der Waals surface area contributed by atoms with Crippen molar-refractivity contribution in [2.24, 2.45) is 0 Å². The van der Waals surface area contributed by atoms with E-state index < -0.39 is 0 Å². The normalized spacial score (nSPS) is 11.5. The van der Waals surface area contributed by atoms with E-state index in [1.165, 1.54) is 21.9 Å². The average molecular weight is 350 g/mol. The average Bonchev–Trinajstić information content (AvgIpc) is 3.33. The van der Waals surface area contributed by atoms with Crippen molar-refractivity contribution in [3.8, 4) is 21.8 Å². The monoisotopic (exact) mass is 350 g/mol. The summed E-state index contributed by atoms with van der Waals surface area (Å²) in [4.78, 5) is 20.8. The molecule has 0 aliphatic heterocycles. The van der Waals surface area contributed by atoms with Gasteiger partial charge in [-0.2, -0.15) is 21.0 Å². The zero-order valence-electron chi connectivity index (χ0n) is 12.3. The minimum Gasteiger partial charge on any atom is -0.360 e. The van der Waals surface area contributed by atoms with Crippen molar-refractivity contribution < 1.29 is 0 Å². The molecule has 24 heavy (non-hydrogen) atoms. The lowest BCUT2D eigenvalue weighted by Crippen LogP contribution is -2.13. The van der Waals surface area contributed by atoms with Gasteiger partial charge in [-0.1, -0.05) is 29.5 Å². The summed E-state index contributed by atoms with van der Waals surface area (Å²) >= 11 is 3.00. The highest BCUT2D eigenvalue weighted by atomic mass is 32.1. The van der Waals surface area contributed by atoms with Gasteiger partial charge in [0.05, 0.1) is 5.69 Å². The number of thiophene rings is 1. The van der Waals surface area contributed by atoms with Crippen molar-refractivity contribution >= 4 is 38.5 Å². The van der Waals surface area contributed by atoms with Crippen molar-refractivity contribution in [1.29, 1.82) is 0 Å². The molecule has 5 nitrogen and oxygen atoms in total. The second-order valence-electron chi connectivity index (χ2n) is 5.34. The predicted molar refractivity (Wildman–Crippen MR) is 97.7 cm³/mol. The molecule has 4 aromatic heterocycles. The van der Waals surface area contributed by atoms with Crippen molar-refractivity contribution in [2.45, 2.75) is 0 Å². The van der Waals surface area contributed by atoms with Crippen LogP contribution in [-0.4, -0.2) is 19.6 Å². The van der Waals surface area contributed by atoms with E-state index in [0.29, 0.717) is 10.7 Å². The van der Waals surface area contributed by atoms with Crippen molar-refractivity contribution in [3.05, 3.63) is 63.7 Å². The summed E-state index contributed by atoms with van der Waals surface area (Å²) in [7, 11) is 0. The van der Waals surface area contributed by atoms with Crippen LogP contribution in [0.25, 0.3) is 37.7 Å². The summed E-state index contributed by atoms with van der Waals surface area (Å²) in [5.41, 5.74) is 3.52. The Morgan fingerprint density at radius 3 is 2.96 bits per heavy atom. The van der Waals surface area contributed by atoms with Crippen molar-refractivity contribution in [1.82, 2.24) is 19.6 Å². The highest BCUT2D eigenvalue weighted by Gasteiger charge is 2.14. The first-order valence-electron chi connectivity index (χ1n) is 7.29.